The first-order valence-corrected chi connectivity index (χ1v) is 8.93. The third-order valence-electron chi connectivity index (χ3n) is 3.76. The average Bonchev–Trinajstić information content (AvgIpc) is 2.67. The van der Waals surface area contributed by atoms with Crippen molar-refractivity contribution in [3.05, 3.63) is 0 Å². The van der Waals surface area contributed by atoms with Crippen LogP contribution in [0.4, 0.5) is 70.2 Å². The minimum Gasteiger partial charge on any atom is -0.746 e. The summed E-state index contributed by atoms with van der Waals surface area (Å²) in [5, 5.41) is 0. The second kappa shape index (κ2) is 11.7. The molecule has 21 heteroatoms. The molecule has 0 bridgehead atoms. The molecule has 0 aliphatic heterocycles. The van der Waals surface area contributed by atoms with Crippen LogP contribution < -0.4 is 29.6 Å². The maximum Gasteiger partial charge on any atom is 1.00 e. The zero-order valence-corrected chi connectivity index (χ0v) is 18.2. The van der Waals surface area contributed by atoms with Crippen molar-refractivity contribution in [2.45, 2.75) is 72.9 Å². The van der Waals surface area contributed by atoms with Crippen molar-refractivity contribution in [3.63, 3.8) is 0 Å². The first-order chi connectivity index (χ1) is 14.0. The number of alkyl halides is 16. The van der Waals surface area contributed by atoms with Gasteiger partial charge in [0.05, 0.1) is 0 Å². The van der Waals surface area contributed by atoms with Gasteiger partial charge in [-0.05, 0) is 0 Å². The topological polar surface area (TPSA) is 57.2 Å². The predicted molar refractivity (Wildman–Crippen MR) is 69.7 cm³/mol. The fourth-order valence-corrected chi connectivity index (χ4v) is 2.43. The van der Waals surface area contributed by atoms with Gasteiger partial charge in [0.25, 0.3) is 11.9 Å². The van der Waals surface area contributed by atoms with Gasteiger partial charge in [-0.15, -0.1) is 0 Å². The molecule has 0 aliphatic rings. The van der Waals surface area contributed by atoms with Crippen molar-refractivity contribution < 1.29 is 113 Å². The van der Waals surface area contributed by atoms with Crippen molar-refractivity contribution in [2.24, 2.45) is 0 Å². The number of hydrogen-bond donors (Lipinski definition) is 0. The van der Waals surface area contributed by atoms with Crippen LogP contribution in [0.3, 0.4) is 0 Å². The van der Waals surface area contributed by atoms with Crippen LogP contribution >= 0.6 is 0 Å². The first kappa shape index (κ1) is 35.0. The van der Waals surface area contributed by atoms with E-state index in [1.165, 1.54) is 0 Å². The zero-order chi connectivity index (χ0) is 26.2. The van der Waals surface area contributed by atoms with E-state index in [1.54, 1.807) is 0 Å². The van der Waals surface area contributed by atoms with Crippen molar-refractivity contribution in [3.8, 4) is 0 Å². The SMILES string of the molecule is O=S(=O)([O-])C(F)C(F)(F)C(F)(F)C(F)(F)C(F)C(F)C(F)C(F)C(F)C(F)C(F)C(F)F.[Na+]. The van der Waals surface area contributed by atoms with Gasteiger partial charge in [0.15, 0.2) is 37.0 Å². The van der Waals surface area contributed by atoms with Gasteiger partial charge in [-0.3, -0.25) is 0 Å². The van der Waals surface area contributed by atoms with Crippen LogP contribution in [0.5, 0.6) is 0 Å². The molecule has 0 aromatic rings. The summed E-state index contributed by atoms with van der Waals surface area (Å²) in [4.78, 5) is 0. The van der Waals surface area contributed by atoms with E-state index in [2.05, 4.69) is 0 Å². The molecule has 194 valence electrons. The molecule has 0 saturated heterocycles. The fourth-order valence-electron chi connectivity index (χ4n) is 1.92. The Morgan fingerprint density at radius 2 is 0.848 bits per heavy atom. The Balaban J connectivity index is 0. The van der Waals surface area contributed by atoms with Gasteiger partial charge in [-0.25, -0.2) is 52.3 Å². The van der Waals surface area contributed by atoms with Gasteiger partial charge < -0.3 is 4.55 Å². The zero-order valence-electron chi connectivity index (χ0n) is 15.4. The van der Waals surface area contributed by atoms with Crippen LogP contribution in [0.15, 0.2) is 0 Å². The summed E-state index contributed by atoms with van der Waals surface area (Å²) < 4.78 is 238. The van der Waals surface area contributed by atoms with E-state index < -0.39 is 83.0 Å². The van der Waals surface area contributed by atoms with E-state index in [1.807, 2.05) is 0 Å². The molecule has 8 atom stereocenters. The summed E-state index contributed by atoms with van der Waals surface area (Å²) in [7, 11) is -7.13. The Morgan fingerprint density at radius 1 is 0.545 bits per heavy atom. The summed E-state index contributed by atoms with van der Waals surface area (Å²) in [6, 6.07) is 0. The summed E-state index contributed by atoms with van der Waals surface area (Å²) in [5.41, 5.74) is -5.69. The minimum atomic E-state index is -7.64. The summed E-state index contributed by atoms with van der Waals surface area (Å²) in [6.45, 7) is 0. The van der Waals surface area contributed by atoms with E-state index >= 15 is 0 Å². The Hall–Kier alpha value is -0.210. The van der Waals surface area contributed by atoms with Crippen molar-refractivity contribution in [2.75, 3.05) is 0 Å². The monoisotopic (exact) mass is 560 g/mol. The Morgan fingerprint density at radius 3 is 1.15 bits per heavy atom. The second-order valence-electron chi connectivity index (χ2n) is 6.03. The van der Waals surface area contributed by atoms with E-state index in [9.17, 15) is 83.2 Å². The fraction of sp³-hybridized carbons (Fsp3) is 1.00. The molecule has 0 fully saturated rings. The second-order valence-corrected chi connectivity index (χ2v) is 7.43. The molecule has 8 unspecified atom stereocenters. The molecule has 0 N–H and O–H groups in total. The smallest absolute Gasteiger partial charge is 0.746 e. The van der Waals surface area contributed by atoms with Gasteiger partial charge in [-0.1, -0.05) is 0 Å². The molecule has 0 aromatic heterocycles. The van der Waals surface area contributed by atoms with Crippen LogP contribution in [-0.2, 0) is 10.1 Å². The van der Waals surface area contributed by atoms with E-state index in [0.29, 0.717) is 0 Å². The van der Waals surface area contributed by atoms with Crippen LogP contribution in [0, 0.1) is 0 Å². The summed E-state index contributed by atoms with van der Waals surface area (Å²) >= 11 is 0. The van der Waals surface area contributed by atoms with Gasteiger partial charge >= 0.3 is 47.3 Å². The molecular weight excluding hydrogens is 551 g/mol. The number of rotatable bonds is 12. The number of halogens is 16. The largest absolute Gasteiger partial charge is 1.00 e. The van der Waals surface area contributed by atoms with Gasteiger partial charge in [0.2, 0.25) is 6.17 Å². The van der Waals surface area contributed by atoms with E-state index in [0.717, 1.165) is 0 Å². The normalized spacial score (nSPS) is 21.4. The van der Waals surface area contributed by atoms with Crippen LogP contribution in [-0.4, -0.2) is 85.9 Å². The average molecular weight is 560 g/mol. The molecule has 0 aliphatic carbocycles. The van der Waals surface area contributed by atoms with Crippen LogP contribution in [0.2, 0.25) is 0 Å². The maximum atomic E-state index is 13.4. The molecule has 0 spiro atoms. The Bertz CT molecular complexity index is 724. The Labute approximate surface area is 195 Å². The first-order valence-electron chi connectivity index (χ1n) is 7.46. The minimum absolute atomic E-state index is 0. The van der Waals surface area contributed by atoms with Crippen LogP contribution in [0.25, 0.3) is 0 Å². The molecule has 0 rings (SSSR count). The molecule has 0 heterocycles. The standard InChI is InChI=1S/C12H10F16O3S.Na/c13-1(2(14)4(16)6(18)8(20)21)3(15)5(17)7(19)10(23,24)12(27,28)11(25,26)9(22)32(29,30)31;/h1-9H,(H,29,30,31);/q;+1/p-1. The molecular formula is C12H9F16NaO3S. The quantitative estimate of drug-likeness (QED) is 0.206. The molecule has 0 aromatic carbocycles. The third-order valence-corrected chi connectivity index (χ3v) is 4.57. The van der Waals surface area contributed by atoms with Gasteiger partial charge in [0, 0.05) is 0 Å². The molecule has 33 heavy (non-hydrogen) atoms. The van der Waals surface area contributed by atoms with Crippen LogP contribution in [0.1, 0.15) is 0 Å². The summed E-state index contributed by atoms with van der Waals surface area (Å²) in [5.74, 6) is -22.3. The van der Waals surface area contributed by atoms with Crippen molar-refractivity contribution in [1.82, 2.24) is 0 Å². The molecule has 0 amide bonds. The van der Waals surface area contributed by atoms with Crippen molar-refractivity contribution >= 4 is 10.1 Å². The van der Waals surface area contributed by atoms with Crippen molar-refractivity contribution in [1.29, 1.82) is 0 Å². The third kappa shape index (κ3) is 6.93. The molecule has 0 radical (unpaired) electrons. The maximum absolute atomic E-state index is 13.4. The Kier molecular flexibility index (Phi) is 12.4. The van der Waals surface area contributed by atoms with Gasteiger partial charge in [-0.2, -0.15) is 26.3 Å². The predicted octanol–water partition coefficient (Wildman–Crippen LogP) is 1.37. The van der Waals surface area contributed by atoms with Gasteiger partial charge in [0.1, 0.15) is 10.1 Å². The van der Waals surface area contributed by atoms with E-state index in [-0.39, 0.29) is 29.6 Å². The van der Waals surface area contributed by atoms with E-state index in [4.69, 9.17) is 0 Å². The molecule has 3 nitrogen and oxygen atoms in total. The summed E-state index contributed by atoms with van der Waals surface area (Å²) in [6.07, 6.45) is -37.7. The number of hydrogen-bond acceptors (Lipinski definition) is 3. The molecule has 0 saturated carbocycles.